The molecule has 116 valence electrons. The van der Waals surface area contributed by atoms with Crippen molar-refractivity contribution in [1.82, 2.24) is 10.2 Å². The van der Waals surface area contributed by atoms with Gasteiger partial charge in [0, 0.05) is 25.7 Å². The van der Waals surface area contributed by atoms with Gasteiger partial charge in [-0.3, -0.25) is 9.69 Å². The third-order valence-electron chi connectivity index (χ3n) is 4.00. The topological polar surface area (TPSA) is 76.8 Å². The highest BCUT2D eigenvalue weighted by atomic mass is 16.5. The van der Waals surface area contributed by atoms with Gasteiger partial charge in [-0.05, 0) is 24.6 Å². The molecule has 1 aromatic carbocycles. The zero-order chi connectivity index (χ0) is 15.4. The summed E-state index contributed by atoms with van der Waals surface area (Å²) in [4.78, 5) is 13.7. The molecule has 0 radical (unpaired) electrons. The van der Waals surface area contributed by atoms with E-state index in [1.54, 1.807) is 14.2 Å². The molecule has 1 aliphatic heterocycles. The molecule has 0 spiro atoms. The molecular formula is C15H23N3O3. The van der Waals surface area contributed by atoms with E-state index in [-0.39, 0.29) is 18.0 Å². The largest absolute Gasteiger partial charge is 0.493 e. The minimum absolute atomic E-state index is 0.0735. The number of methoxy groups -OCH3 is 2. The Kier molecular flexibility index (Phi) is 5.03. The Morgan fingerprint density at radius 2 is 2.10 bits per heavy atom. The lowest BCUT2D eigenvalue weighted by Crippen LogP contribution is -2.57. The molecule has 6 heteroatoms. The Labute approximate surface area is 125 Å². The predicted molar refractivity (Wildman–Crippen MR) is 80.5 cm³/mol. The molecule has 1 aliphatic rings. The molecule has 0 aliphatic carbocycles. The number of ether oxygens (including phenoxy) is 2. The molecular weight excluding hydrogens is 270 g/mol. The first-order chi connectivity index (χ1) is 10.1. The average Bonchev–Trinajstić information content (AvgIpc) is 2.53. The van der Waals surface area contributed by atoms with Crippen molar-refractivity contribution < 1.29 is 14.3 Å². The number of hydrogen-bond donors (Lipinski definition) is 2. The van der Waals surface area contributed by atoms with E-state index in [1.807, 2.05) is 18.2 Å². The van der Waals surface area contributed by atoms with Gasteiger partial charge in [-0.25, -0.2) is 0 Å². The van der Waals surface area contributed by atoms with Crippen molar-refractivity contribution >= 4 is 5.91 Å². The summed E-state index contributed by atoms with van der Waals surface area (Å²) in [6, 6.07) is 5.60. The smallest absolute Gasteiger partial charge is 0.236 e. The van der Waals surface area contributed by atoms with Gasteiger partial charge in [0.05, 0.1) is 14.2 Å². The second kappa shape index (κ2) is 6.78. The number of primary amides is 1. The van der Waals surface area contributed by atoms with Crippen LogP contribution in [0.2, 0.25) is 0 Å². The van der Waals surface area contributed by atoms with Crippen molar-refractivity contribution in [2.45, 2.75) is 19.0 Å². The number of hydrogen-bond acceptors (Lipinski definition) is 5. The van der Waals surface area contributed by atoms with Gasteiger partial charge >= 0.3 is 0 Å². The molecule has 1 saturated heterocycles. The summed E-state index contributed by atoms with van der Waals surface area (Å²) in [5.41, 5.74) is 6.58. The summed E-state index contributed by atoms with van der Waals surface area (Å²) in [5, 5.41) is 3.21. The van der Waals surface area contributed by atoms with E-state index in [9.17, 15) is 4.79 Å². The first-order valence-electron chi connectivity index (χ1n) is 7.06. The minimum Gasteiger partial charge on any atom is -0.493 e. The maximum Gasteiger partial charge on any atom is 0.236 e. The number of nitrogens with two attached hydrogens (primary N) is 1. The maximum absolute atomic E-state index is 11.6. The molecule has 0 saturated carbocycles. The molecule has 2 atom stereocenters. The van der Waals surface area contributed by atoms with Crippen LogP contribution in [0.25, 0.3) is 0 Å². The molecule has 1 fully saturated rings. The van der Waals surface area contributed by atoms with Crippen molar-refractivity contribution in [2.24, 2.45) is 5.73 Å². The molecule has 1 amide bonds. The molecule has 1 aromatic rings. The van der Waals surface area contributed by atoms with Gasteiger partial charge in [-0.15, -0.1) is 0 Å². The van der Waals surface area contributed by atoms with E-state index in [0.29, 0.717) is 18.0 Å². The zero-order valence-electron chi connectivity index (χ0n) is 12.8. The molecule has 1 heterocycles. The normalized spacial score (nSPS) is 20.8. The minimum atomic E-state index is -0.297. The molecule has 21 heavy (non-hydrogen) atoms. The third-order valence-corrected chi connectivity index (χ3v) is 4.00. The van der Waals surface area contributed by atoms with Crippen molar-refractivity contribution in [1.29, 1.82) is 0 Å². The van der Waals surface area contributed by atoms with Crippen LogP contribution in [0.3, 0.4) is 0 Å². The van der Waals surface area contributed by atoms with Crippen LogP contribution >= 0.6 is 0 Å². The maximum atomic E-state index is 11.6. The summed E-state index contributed by atoms with van der Waals surface area (Å²) >= 11 is 0. The number of rotatable bonds is 5. The highest BCUT2D eigenvalue weighted by molar-refractivity contribution is 5.80. The highest BCUT2D eigenvalue weighted by Gasteiger charge is 2.31. The van der Waals surface area contributed by atoms with Crippen molar-refractivity contribution in [3.8, 4) is 11.5 Å². The van der Waals surface area contributed by atoms with Gasteiger partial charge in [0.15, 0.2) is 11.5 Å². The van der Waals surface area contributed by atoms with Crippen LogP contribution in [0, 0.1) is 0 Å². The van der Waals surface area contributed by atoms with Crippen LogP contribution in [0.4, 0.5) is 0 Å². The van der Waals surface area contributed by atoms with Crippen molar-refractivity contribution in [2.75, 3.05) is 33.9 Å². The summed E-state index contributed by atoms with van der Waals surface area (Å²) in [6.07, 6.45) is 0. The van der Waals surface area contributed by atoms with Crippen LogP contribution in [-0.4, -0.2) is 50.7 Å². The summed E-state index contributed by atoms with van der Waals surface area (Å²) in [6.45, 7) is 4.29. The van der Waals surface area contributed by atoms with E-state index >= 15 is 0 Å². The second-order valence-electron chi connectivity index (χ2n) is 5.15. The number of carbonyl (C=O) groups excluding carboxylic acids is 1. The van der Waals surface area contributed by atoms with Gasteiger partial charge in [0.2, 0.25) is 5.91 Å². The highest BCUT2D eigenvalue weighted by Crippen LogP contribution is 2.32. The lowest BCUT2D eigenvalue weighted by Gasteiger charge is -2.38. The number of nitrogens with zero attached hydrogens (tertiary/aromatic N) is 1. The Balaban J connectivity index is 2.25. The van der Waals surface area contributed by atoms with E-state index in [0.717, 1.165) is 18.7 Å². The second-order valence-corrected chi connectivity index (χ2v) is 5.15. The van der Waals surface area contributed by atoms with Gasteiger partial charge < -0.3 is 20.5 Å². The Bertz CT molecular complexity index is 507. The third kappa shape index (κ3) is 3.28. The SMILES string of the molecule is COc1ccc(C(C)N2CCNCC2C(N)=O)cc1OC. The average molecular weight is 293 g/mol. The summed E-state index contributed by atoms with van der Waals surface area (Å²) < 4.78 is 10.6. The number of piperazine rings is 1. The number of nitrogens with one attached hydrogen (secondary N) is 1. The van der Waals surface area contributed by atoms with E-state index < -0.39 is 0 Å². The first-order valence-corrected chi connectivity index (χ1v) is 7.06. The quantitative estimate of drug-likeness (QED) is 0.828. The number of amides is 1. The van der Waals surface area contributed by atoms with Crippen molar-refractivity contribution in [3.63, 3.8) is 0 Å². The van der Waals surface area contributed by atoms with Gasteiger partial charge in [0.25, 0.3) is 0 Å². The molecule has 2 unspecified atom stereocenters. The van der Waals surface area contributed by atoms with Crippen LogP contribution < -0.4 is 20.5 Å². The summed E-state index contributed by atoms with van der Waals surface area (Å²) in [5.74, 6) is 1.09. The molecule has 3 N–H and O–H groups in total. The standard InChI is InChI=1S/C15H23N3O3/c1-10(18-7-6-17-9-12(18)15(16)19)11-4-5-13(20-2)14(8-11)21-3/h4-5,8,10,12,17H,6-7,9H2,1-3H3,(H2,16,19). The van der Waals surface area contributed by atoms with Crippen LogP contribution in [-0.2, 0) is 4.79 Å². The molecule has 0 bridgehead atoms. The lowest BCUT2D eigenvalue weighted by molar-refractivity contribution is -0.124. The van der Waals surface area contributed by atoms with Gasteiger partial charge in [0.1, 0.15) is 6.04 Å². The fourth-order valence-corrected chi connectivity index (χ4v) is 2.75. The first kappa shape index (κ1) is 15.6. The Hall–Kier alpha value is -1.79. The van der Waals surface area contributed by atoms with E-state index in [4.69, 9.17) is 15.2 Å². The zero-order valence-corrected chi connectivity index (χ0v) is 12.8. The fourth-order valence-electron chi connectivity index (χ4n) is 2.75. The van der Waals surface area contributed by atoms with Crippen LogP contribution in [0.5, 0.6) is 11.5 Å². The Morgan fingerprint density at radius 1 is 1.38 bits per heavy atom. The lowest BCUT2D eigenvalue weighted by atomic mass is 10.0. The molecule has 0 aromatic heterocycles. The van der Waals surface area contributed by atoms with E-state index in [1.165, 1.54) is 0 Å². The van der Waals surface area contributed by atoms with E-state index in [2.05, 4.69) is 17.1 Å². The molecule has 6 nitrogen and oxygen atoms in total. The van der Waals surface area contributed by atoms with Gasteiger partial charge in [-0.1, -0.05) is 6.07 Å². The van der Waals surface area contributed by atoms with Crippen LogP contribution in [0.15, 0.2) is 18.2 Å². The van der Waals surface area contributed by atoms with Gasteiger partial charge in [-0.2, -0.15) is 0 Å². The van der Waals surface area contributed by atoms with Crippen molar-refractivity contribution in [3.05, 3.63) is 23.8 Å². The number of benzene rings is 1. The fraction of sp³-hybridized carbons (Fsp3) is 0.533. The number of carbonyl (C=O) groups is 1. The Morgan fingerprint density at radius 3 is 2.71 bits per heavy atom. The monoisotopic (exact) mass is 293 g/mol. The van der Waals surface area contributed by atoms with Crippen LogP contribution in [0.1, 0.15) is 18.5 Å². The summed E-state index contributed by atoms with van der Waals surface area (Å²) in [7, 11) is 3.23. The predicted octanol–water partition coefficient (Wildman–Crippen LogP) is 0.524. The molecule has 2 rings (SSSR count).